The second-order valence-corrected chi connectivity index (χ2v) is 7.54. The number of likely N-dealkylation sites (N-methyl/N-ethyl adjacent to an activating group) is 1. The molecule has 3 rings (SSSR count). The van der Waals surface area contributed by atoms with E-state index in [1.54, 1.807) is 18.3 Å². The number of rotatable bonds is 8. The lowest BCUT2D eigenvalue weighted by molar-refractivity contribution is 0.0948. The van der Waals surface area contributed by atoms with Crippen molar-refractivity contribution in [3.63, 3.8) is 0 Å². The van der Waals surface area contributed by atoms with Crippen LogP contribution in [0.2, 0.25) is 0 Å². The van der Waals surface area contributed by atoms with E-state index in [1.807, 2.05) is 38.2 Å². The number of thioether (sulfide) groups is 1. The minimum Gasteiger partial charge on any atom is -0.370 e. The number of aryl methyl sites for hydroxylation is 1. The summed E-state index contributed by atoms with van der Waals surface area (Å²) in [6.45, 7) is 4.47. The fraction of sp³-hybridized carbons (Fsp3) is 0.286. The minimum atomic E-state index is -0.125. The number of nitrogens with zero attached hydrogens (tertiary/aromatic N) is 3. The minimum absolute atomic E-state index is 0.125. The predicted molar refractivity (Wildman–Crippen MR) is 112 cm³/mol. The standard InChI is InChI=1S/C21H24N4O2S/c1-15(25(3)18-8-5-4-6-9-18)13-23-20(26)19-10-7-11-22-21(19)28-14-17-12-16(2)27-24-17/h4-12,15H,13-14H2,1-3H3,(H,23,26). The van der Waals surface area contributed by atoms with Crippen LogP contribution < -0.4 is 10.2 Å². The van der Waals surface area contributed by atoms with Crippen LogP contribution in [-0.4, -0.2) is 35.7 Å². The Hall–Kier alpha value is -2.80. The van der Waals surface area contributed by atoms with Crippen molar-refractivity contribution in [1.82, 2.24) is 15.5 Å². The average Bonchev–Trinajstić information content (AvgIpc) is 3.15. The Balaban J connectivity index is 1.59. The number of anilines is 1. The molecule has 3 aromatic rings. The van der Waals surface area contributed by atoms with Crippen LogP contribution >= 0.6 is 11.8 Å². The molecular weight excluding hydrogens is 372 g/mol. The number of amides is 1. The van der Waals surface area contributed by atoms with Crippen LogP contribution in [0.4, 0.5) is 5.69 Å². The molecule has 0 radical (unpaired) electrons. The molecule has 1 amide bonds. The number of carbonyl (C=O) groups is 1. The fourth-order valence-electron chi connectivity index (χ4n) is 2.70. The van der Waals surface area contributed by atoms with Crippen LogP contribution in [0.1, 0.15) is 28.7 Å². The number of pyridine rings is 1. The van der Waals surface area contributed by atoms with Gasteiger partial charge in [0.05, 0.1) is 11.3 Å². The third-order valence-electron chi connectivity index (χ3n) is 4.43. The number of carbonyl (C=O) groups excluding carboxylic acids is 1. The van der Waals surface area contributed by atoms with Gasteiger partial charge in [0.15, 0.2) is 0 Å². The molecule has 0 fully saturated rings. The van der Waals surface area contributed by atoms with Crippen molar-refractivity contribution < 1.29 is 9.32 Å². The van der Waals surface area contributed by atoms with Crippen molar-refractivity contribution in [3.8, 4) is 0 Å². The predicted octanol–water partition coefficient (Wildman–Crippen LogP) is 3.93. The Kier molecular flexibility index (Phi) is 6.71. The van der Waals surface area contributed by atoms with Gasteiger partial charge in [0.25, 0.3) is 5.91 Å². The molecule has 6 nitrogen and oxygen atoms in total. The molecule has 2 aromatic heterocycles. The Morgan fingerprint density at radius 1 is 1.25 bits per heavy atom. The number of para-hydroxylation sites is 1. The highest BCUT2D eigenvalue weighted by Gasteiger charge is 2.16. The van der Waals surface area contributed by atoms with E-state index in [4.69, 9.17) is 4.52 Å². The van der Waals surface area contributed by atoms with Crippen LogP contribution in [0.15, 0.2) is 64.3 Å². The molecule has 0 bridgehead atoms. The van der Waals surface area contributed by atoms with E-state index in [9.17, 15) is 4.79 Å². The number of hydrogen-bond acceptors (Lipinski definition) is 6. The molecule has 0 spiro atoms. The van der Waals surface area contributed by atoms with Gasteiger partial charge in [0.2, 0.25) is 0 Å². The molecule has 0 aliphatic rings. The fourth-order valence-corrected chi connectivity index (χ4v) is 3.57. The average molecular weight is 397 g/mol. The normalized spacial score (nSPS) is 11.8. The van der Waals surface area contributed by atoms with Crippen LogP contribution in [0.3, 0.4) is 0 Å². The van der Waals surface area contributed by atoms with Gasteiger partial charge in [-0.15, -0.1) is 0 Å². The Morgan fingerprint density at radius 2 is 2.04 bits per heavy atom. The lowest BCUT2D eigenvalue weighted by Crippen LogP contribution is -2.40. The summed E-state index contributed by atoms with van der Waals surface area (Å²) >= 11 is 1.47. The lowest BCUT2D eigenvalue weighted by Gasteiger charge is -2.27. The highest BCUT2D eigenvalue weighted by Crippen LogP contribution is 2.24. The zero-order chi connectivity index (χ0) is 19.9. The number of hydrogen-bond donors (Lipinski definition) is 1. The molecule has 0 aliphatic heterocycles. The van der Waals surface area contributed by atoms with Gasteiger partial charge < -0.3 is 14.7 Å². The molecule has 0 saturated heterocycles. The van der Waals surface area contributed by atoms with Crippen molar-refractivity contribution in [3.05, 3.63) is 71.7 Å². The van der Waals surface area contributed by atoms with Crippen molar-refractivity contribution in [2.45, 2.75) is 30.7 Å². The van der Waals surface area contributed by atoms with E-state index in [1.165, 1.54) is 11.8 Å². The smallest absolute Gasteiger partial charge is 0.254 e. The van der Waals surface area contributed by atoms with Crippen LogP contribution in [0.25, 0.3) is 0 Å². The van der Waals surface area contributed by atoms with Gasteiger partial charge in [0.1, 0.15) is 10.8 Å². The number of aromatic nitrogens is 2. The topological polar surface area (TPSA) is 71.3 Å². The van der Waals surface area contributed by atoms with Gasteiger partial charge in [-0.1, -0.05) is 35.1 Å². The summed E-state index contributed by atoms with van der Waals surface area (Å²) in [6, 6.07) is 15.7. The SMILES string of the molecule is Cc1cc(CSc2ncccc2C(=O)NCC(C)N(C)c2ccccc2)no1. The molecule has 1 N–H and O–H groups in total. The first-order valence-electron chi connectivity index (χ1n) is 9.10. The second-order valence-electron chi connectivity index (χ2n) is 6.58. The molecule has 1 aromatic carbocycles. The highest BCUT2D eigenvalue weighted by molar-refractivity contribution is 7.98. The van der Waals surface area contributed by atoms with E-state index in [0.717, 1.165) is 17.1 Å². The summed E-state index contributed by atoms with van der Waals surface area (Å²) in [6.07, 6.45) is 1.69. The van der Waals surface area contributed by atoms with Gasteiger partial charge in [-0.05, 0) is 38.1 Å². The summed E-state index contributed by atoms with van der Waals surface area (Å²) in [5.41, 5.74) is 2.52. The van der Waals surface area contributed by atoms with Crippen molar-refractivity contribution >= 4 is 23.4 Å². The summed E-state index contributed by atoms with van der Waals surface area (Å²) in [5, 5.41) is 7.69. The van der Waals surface area contributed by atoms with Crippen molar-refractivity contribution in [2.75, 3.05) is 18.5 Å². The third kappa shape index (κ3) is 5.13. The quantitative estimate of drug-likeness (QED) is 0.582. The third-order valence-corrected chi connectivity index (χ3v) is 5.47. The lowest BCUT2D eigenvalue weighted by atomic mass is 10.2. The summed E-state index contributed by atoms with van der Waals surface area (Å²) in [5.74, 6) is 1.24. The molecule has 0 aliphatic carbocycles. The molecule has 1 unspecified atom stereocenters. The van der Waals surface area contributed by atoms with Gasteiger partial charge in [-0.25, -0.2) is 4.98 Å². The van der Waals surface area contributed by atoms with Crippen LogP contribution in [0.5, 0.6) is 0 Å². The number of benzene rings is 1. The van der Waals surface area contributed by atoms with E-state index < -0.39 is 0 Å². The zero-order valence-corrected chi connectivity index (χ0v) is 17.1. The van der Waals surface area contributed by atoms with E-state index in [2.05, 4.69) is 39.4 Å². The van der Waals surface area contributed by atoms with E-state index >= 15 is 0 Å². The molecular formula is C21H24N4O2S. The Morgan fingerprint density at radius 3 is 2.75 bits per heavy atom. The first kappa shape index (κ1) is 19.9. The summed E-state index contributed by atoms with van der Waals surface area (Å²) in [7, 11) is 2.03. The van der Waals surface area contributed by atoms with Crippen molar-refractivity contribution in [2.24, 2.45) is 0 Å². The molecule has 2 heterocycles. The summed E-state index contributed by atoms with van der Waals surface area (Å²) < 4.78 is 5.09. The second kappa shape index (κ2) is 9.41. The first-order chi connectivity index (χ1) is 13.5. The maximum absolute atomic E-state index is 12.7. The summed E-state index contributed by atoms with van der Waals surface area (Å²) in [4.78, 5) is 19.2. The van der Waals surface area contributed by atoms with Crippen LogP contribution in [-0.2, 0) is 5.75 Å². The van der Waals surface area contributed by atoms with Gasteiger partial charge in [0, 0.05) is 43.3 Å². The van der Waals surface area contributed by atoms with Crippen molar-refractivity contribution in [1.29, 1.82) is 0 Å². The zero-order valence-electron chi connectivity index (χ0n) is 16.3. The van der Waals surface area contributed by atoms with Gasteiger partial charge in [-0.2, -0.15) is 0 Å². The van der Waals surface area contributed by atoms with Gasteiger partial charge >= 0.3 is 0 Å². The monoisotopic (exact) mass is 396 g/mol. The molecule has 146 valence electrons. The Bertz CT molecular complexity index is 914. The molecule has 7 heteroatoms. The van der Waals surface area contributed by atoms with Gasteiger partial charge in [-0.3, -0.25) is 4.79 Å². The number of nitrogens with one attached hydrogen (secondary N) is 1. The maximum Gasteiger partial charge on any atom is 0.254 e. The van der Waals surface area contributed by atoms with E-state index in [0.29, 0.717) is 22.9 Å². The first-order valence-corrected chi connectivity index (χ1v) is 10.1. The molecule has 28 heavy (non-hydrogen) atoms. The molecule has 1 atom stereocenters. The Labute approximate surface area is 169 Å². The highest BCUT2D eigenvalue weighted by atomic mass is 32.2. The van der Waals surface area contributed by atoms with Crippen LogP contribution in [0, 0.1) is 6.92 Å². The maximum atomic E-state index is 12.7. The van der Waals surface area contributed by atoms with E-state index in [-0.39, 0.29) is 11.9 Å². The molecule has 0 saturated carbocycles. The largest absolute Gasteiger partial charge is 0.370 e.